The van der Waals surface area contributed by atoms with Gasteiger partial charge in [0, 0.05) is 16.3 Å². The van der Waals surface area contributed by atoms with Crippen LogP contribution in [-0.4, -0.2) is 4.98 Å². The van der Waals surface area contributed by atoms with E-state index >= 15 is 0 Å². The van der Waals surface area contributed by atoms with Crippen LogP contribution in [0.3, 0.4) is 0 Å². The molecular weight excluding hydrogens is 271 g/mol. The number of hydrogen-bond acceptors (Lipinski definition) is 3. The zero-order valence-electron chi connectivity index (χ0n) is 10.7. The van der Waals surface area contributed by atoms with E-state index in [-0.39, 0.29) is 0 Å². The van der Waals surface area contributed by atoms with Crippen LogP contribution in [-0.2, 0) is 6.54 Å². The van der Waals surface area contributed by atoms with Gasteiger partial charge in [0.15, 0.2) is 0 Å². The SMILES string of the molecule is Fc1ccc(NCc2ccc(-c3ccccc3)s2)cn1. The van der Waals surface area contributed by atoms with Crippen molar-refractivity contribution in [3.8, 4) is 10.4 Å². The third kappa shape index (κ3) is 3.03. The Kier molecular flexibility index (Phi) is 3.74. The van der Waals surface area contributed by atoms with Crippen LogP contribution >= 0.6 is 11.3 Å². The monoisotopic (exact) mass is 284 g/mol. The molecule has 0 amide bonds. The summed E-state index contributed by atoms with van der Waals surface area (Å²) in [5.74, 6) is -0.460. The Balaban J connectivity index is 1.67. The largest absolute Gasteiger partial charge is 0.379 e. The Labute approximate surface area is 120 Å². The molecule has 0 saturated heterocycles. The highest BCUT2D eigenvalue weighted by Crippen LogP contribution is 2.28. The van der Waals surface area contributed by atoms with Crippen molar-refractivity contribution in [1.82, 2.24) is 4.98 Å². The van der Waals surface area contributed by atoms with Crippen molar-refractivity contribution >= 4 is 17.0 Å². The van der Waals surface area contributed by atoms with Crippen LogP contribution in [0.5, 0.6) is 0 Å². The van der Waals surface area contributed by atoms with E-state index in [4.69, 9.17) is 0 Å². The number of nitrogens with zero attached hydrogens (tertiary/aromatic N) is 1. The first-order chi connectivity index (χ1) is 9.81. The van der Waals surface area contributed by atoms with Crippen molar-refractivity contribution in [1.29, 1.82) is 0 Å². The van der Waals surface area contributed by atoms with Gasteiger partial charge >= 0.3 is 0 Å². The first-order valence-corrected chi connectivity index (χ1v) is 7.12. The zero-order valence-corrected chi connectivity index (χ0v) is 11.5. The van der Waals surface area contributed by atoms with E-state index in [2.05, 4.69) is 34.6 Å². The number of pyridine rings is 1. The fourth-order valence-electron chi connectivity index (χ4n) is 1.90. The normalized spacial score (nSPS) is 10.4. The predicted molar refractivity (Wildman–Crippen MR) is 81.3 cm³/mol. The van der Waals surface area contributed by atoms with Gasteiger partial charge in [-0.1, -0.05) is 30.3 Å². The molecule has 0 aliphatic heterocycles. The van der Waals surface area contributed by atoms with Gasteiger partial charge in [-0.25, -0.2) is 4.98 Å². The smallest absolute Gasteiger partial charge is 0.212 e. The molecule has 2 aromatic heterocycles. The molecule has 20 heavy (non-hydrogen) atoms. The lowest BCUT2D eigenvalue weighted by Crippen LogP contribution is -1.97. The van der Waals surface area contributed by atoms with Crippen LogP contribution < -0.4 is 5.32 Å². The highest BCUT2D eigenvalue weighted by Gasteiger charge is 2.02. The summed E-state index contributed by atoms with van der Waals surface area (Å²) in [6.07, 6.45) is 1.50. The molecule has 0 unspecified atom stereocenters. The standard InChI is InChI=1S/C16H13FN2S/c17-16-9-6-13(10-19-16)18-11-14-7-8-15(20-14)12-4-2-1-3-5-12/h1-10,18H,11H2. The topological polar surface area (TPSA) is 24.9 Å². The van der Waals surface area contributed by atoms with Gasteiger partial charge in [0.25, 0.3) is 0 Å². The molecule has 0 saturated carbocycles. The second-order valence-electron chi connectivity index (χ2n) is 4.36. The first-order valence-electron chi connectivity index (χ1n) is 6.31. The van der Waals surface area contributed by atoms with E-state index in [1.807, 2.05) is 18.2 Å². The second kappa shape index (κ2) is 5.84. The number of halogens is 1. The number of thiophene rings is 1. The summed E-state index contributed by atoms with van der Waals surface area (Å²) in [7, 11) is 0. The van der Waals surface area contributed by atoms with Gasteiger partial charge in [0.1, 0.15) is 0 Å². The van der Waals surface area contributed by atoms with E-state index in [1.165, 1.54) is 27.6 Å². The molecule has 1 N–H and O–H groups in total. The second-order valence-corrected chi connectivity index (χ2v) is 5.52. The van der Waals surface area contributed by atoms with Crippen molar-refractivity contribution in [3.05, 3.63) is 71.6 Å². The molecule has 100 valence electrons. The molecule has 0 radical (unpaired) electrons. The number of benzene rings is 1. The highest BCUT2D eigenvalue weighted by molar-refractivity contribution is 7.15. The molecule has 3 rings (SSSR count). The molecule has 0 fully saturated rings. The summed E-state index contributed by atoms with van der Waals surface area (Å²) in [4.78, 5) is 6.10. The van der Waals surface area contributed by atoms with E-state index in [9.17, 15) is 4.39 Å². The van der Waals surface area contributed by atoms with Gasteiger partial charge in [-0.05, 0) is 29.8 Å². The molecule has 1 aromatic carbocycles. The predicted octanol–water partition coefficient (Wildman–Crippen LogP) is 4.56. The average molecular weight is 284 g/mol. The summed E-state index contributed by atoms with van der Waals surface area (Å²) in [6.45, 7) is 0.713. The molecule has 0 spiro atoms. The lowest BCUT2D eigenvalue weighted by atomic mass is 10.2. The number of rotatable bonds is 4. The number of anilines is 1. The molecule has 2 heterocycles. The summed E-state index contributed by atoms with van der Waals surface area (Å²) >= 11 is 1.75. The fourth-order valence-corrected chi connectivity index (χ4v) is 2.85. The molecule has 0 atom stereocenters. The van der Waals surface area contributed by atoms with Gasteiger partial charge in [0.05, 0.1) is 11.9 Å². The minimum atomic E-state index is -0.460. The van der Waals surface area contributed by atoms with Crippen LogP contribution in [0.25, 0.3) is 10.4 Å². The lowest BCUT2D eigenvalue weighted by molar-refractivity contribution is 0.584. The highest BCUT2D eigenvalue weighted by atomic mass is 32.1. The molecule has 0 aliphatic carbocycles. The molecule has 4 heteroatoms. The zero-order chi connectivity index (χ0) is 13.8. The minimum Gasteiger partial charge on any atom is -0.379 e. The van der Waals surface area contributed by atoms with Crippen molar-refractivity contribution in [2.45, 2.75) is 6.54 Å². The lowest BCUT2D eigenvalue weighted by Gasteiger charge is -2.03. The van der Waals surface area contributed by atoms with Crippen molar-refractivity contribution in [3.63, 3.8) is 0 Å². The molecule has 0 aliphatic rings. The Morgan fingerprint density at radius 3 is 2.60 bits per heavy atom. The van der Waals surface area contributed by atoms with Crippen LogP contribution in [0.2, 0.25) is 0 Å². The van der Waals surface area contributed by atoms with Gasteiger partial charge in [-0.2, -0.15) is 4.39 Å². The van der Waals surface area contributed by atoms with Crippen LogP contribution in [0.15, 0.2) is 60.8 Å². The third-order valence-electron chi connectivity index (χ3n) is 2.91. The summed E-state index contributed by atoms with van der Waals surface area (Å²) in [5.41, 5.74) is 2.05. The quantitative estimate of drug-likeness (QED) is 0.710. The molecule has 2 nitrogen and oxygen atoms in total. The maximum absolute atomic E-state index is 12.7. The Morgan fingerprint density at radius 1 is 1.00 bits per heavy atom. The number of aromatic nitrogens is 1. The van der Waals surface area contributed by atoms with E-state index < -0.39 is 5.95 Å². The van der Waals surface area contributed by atoms with Crippen LogP contribution in [0.1, 0.15) is 4.88 Å². The van der Waals surface area contributed by atoms with E-state index in [0.29, 0.717) is 6.54 Å². The summed E-state index contributed by atoms with van der Waals surface area (Å²) < 4.78 is 12.7. The number of hydrogen-bond donors (Lipinski definition) is 1. The molecule has 0 bridgehead atoms. The Bertz CT molecular complexity index is 677. The average Bonchev–Trinajstić information content (AvgIpc) is 2.97. The maximum Gasteiger partial charge on any atom is 0.212 e. The van der Waals surface area contributed by atoms with Crippen molar-refractivity contribution in [2.75, 3.05) is 5.32 Å². The van der Waals surface area contributed by atoms with Crippen LogP contribution in [0.4, 0.5) is 10.1 Å². The van der Waals surface area contributed by atoms with E-state index in [0.717, 1.165) is 5.69 Å². The van der Waals surface area contributed by atoms with Crippen molar-refractivity contribution < 1.29 is 4.39 Å². The maximum atomic E-state index is 12.7. The van der Waals surface area contributed by atoms with Crippen molar-refractivity contribution in [2.24, 2.45) is 0 Å². The van der Waals surface area contributed by atoms with Crippen LogP contribution in [0, 0.1) is 5.95 Å². The Hall–Kier alpha value is -2.20. The molecule has 3 aromatic rings. The van der Waals surface area contributed by atoms with Gasteiger partial charge in [-0.3, -0.25) is 0 Å². The minimum absolute atomic E-state index is 0.460. The fraction of sp³-hybridized carbons (Fsp3) is 0.0625. The Morgan fingerprint density at radius 2 is 1.85 bits per heavy atom. The molecular formula is C16H13FN2S. The van der Waals surface area contributed by atoms with Gasteiger partial charge in [0.2, 0.25) is 5.95 Å². The van der Waals surface area contributed by atoms with Gasteiger partial charge < -0.3 is 5.32 Å². The third-order valence-corrected chi connectivity index (χ3v) is 4.05. The number of nitrogens with one attached hydrogen (secondary N) is 1. The first kappa shape index (κ1) is 12.8. The van der Waals surface area contributed by atoms with Gasteiger partial charge in [-0.15, -0.1) is 11.3 Å². The summed E-state index contributed by atoms with van der Waals surface area (Å²) in [5, 5.41) is 3.23. The van der Waals surface area contributed by atoms with E-state index in [1.54, 1.807) is 17.4 Å². The summed E-state index contributed by atoms with van der Waals surface area (Å²) in [6, 6.07) is 17.6.